The molecule has 110 valence electrons. The van der Waals surface area contributed by atoms with Crippen molar-refractivity contribution in [2.45, 2.75) is 18.4 Å². The number of anilines is 2. The van der Waals surface area contributed by atoms with Crippen LogP contribution in [0.25, 0.3) is 0 Å². The molecule has 1 aliphatic rings. The Labute approximate surface area is 118 Å². The van der Waals surface area contributed by atoms with Crippen LogP contribution in [0.1, 0.15) is 23.2 Å². The summed E-state index contributed by atoms with van der Waals surface area (Å²) in [5.41, 5.74) is 6.84. The van der Waals surface area contributed by atoms with Gasteiger partial charge in [-0.05, 0) is 18.2 Å². The van der Waals surface area contributed by atoms with Gasteiger partial charge in [0.25, 0.3) is 5.91 Å². The minimum Gasteiger partial charge on any atom is -0.397 e. The molecule has 1 heterocycles. The van der Waals surface area contributed by atoms with E-state index >= 15 is 0 Å². The Morgan fingerprint density at radius 2 is 2.15 bits per heavy atom. The molecule has 1 aromatic rings. The van der Waals surface area contributed by atoms with Gasteiger partial charge in [-0.15, -0.1) is 0 Å². The highest BCUT2D eigenvalue weighted by atomic mass is 16.5. The van der Waals surface area contributed by atoms with Crippen LogP contribution in [0.15, 0.2) is 18.2 Å². The third-order valence-electron chi connectivity index (χ3n) is 3.57. The number of benzene rings is 1. The van der Waals surface area contributed by atoms with Gasteiger partial charge in [0.2, 0.25) is 0 Å². The minimum absolute atomic E-state index is 0.169. The molecule has 0 unspecified atom stereocenters. The molecule has 1 saturated heterocycles. The smallest absolute Gasteiger partial charge is 0.251 e. The first kappa shape index (κ1) is 14.6. The maximum absolute atomic E-state index is 11.6. The molecule has 1 aromatic carbocycles. The fraction of sp³-hybridized carbons (Fsp3) is 0.500. The summed E-state index contributed by atoms with van der Waals surface area (Å²) in [6.07, 6.45) is 1.18. The number of nitrogen functional groups attached to an aromatic ring is 1. The molecule has 20 heavy (non-hydrogen) atoms. The predicted molar refractivity (Wildman–Crippen MR) is 77.7 cm³/mol. The van der Waals surface area contributed by atoms with Gasteiger partial charge in [-0.2, -0.15) is 0 Å². The first-order valence-corrected chi connectivity index (χ1v) is 6.70. The summed E-state index contributed by atoms with van der Waals surface area (Å²) < 4.78 is 5.24. The minimum atomic E-state index is -0.784. The Hall–Kier alpha value is -1.79. The largest absolute Gasteiger partial charge is 0.397 e. The fourth-order valence-electron chi connectivity index (χ4n) is 2.18. The maximum atomic E-state index is 11.6. The number of carbonyl (C=O) groups is 1. The summed E-state index contributed by atoms with van der Waals surface area (Å²) in [6, 6.07) is 5.04. The van der Waals surface area contributed by atoms with Crippen LogP contribution in [-0.4, -0.2) is 43.4 Å². The van der Waals surface area contributed by atoms with E-state index in [-0.39, 0.29) is 5.91 Å². The molecule has 6 nitrogen and oxygen atoms in total. The molecule has 0 atom stereocenters. The van der Waals surface area contributed by atoms with Crippen molar-refractivity contribution in [3.8, 4) is 0 Å². The lowest BCUT2D eigenvalue weighted by Gasteiger charge is -2.32. The van der Waals surface area contributed by atoms with Crippen LogP contribution in [0.4, 0.5) is 11.4 Å². The summed E-state index contributed by atoms with van der Waals surface area (Å²) in [7, 11) is 1.58. The molecule has 0 bridgehead atoms. The number of rotatable bonds is 4. The molecular formula is C14H21N3O3. The predicted octanol–water partition coefficient (Wildman–Crippen LogP) is 0.582. The molecule has 0 aromatic heterocycles. The van der Waals surface area contributed by atoms with Crippen LogP contribution in [0.2, 0.25) is 0 Å². The Bertz CT molecular complexity index is 485. The first-order chi connectivity index (χ1) is 9.54. The van der Waals surface area contributed by atoms with Gasteiger partial charge in [0.05, 0.1) is 17.0 Å². The van der Waals surface area contributed by atoms with Gasteiger partial charge in [0.15, 0.2) is 0 Å². The zero-order valence-corrected chi connectivity index (χ0v) is 11.6. The van der Waals surface area contributed by atoms with E-state index in [2.05, 4.69) is 10.6 Å². The van der Waals surface area contributed by atoms with E-state index in [1.54, 1.807) is 25.2 Å². The van der Waals surface area contributed by atoms with E-state index in [9.17, 15) is 9.90 Å². The highest BCUT2D eigenvalue weighted by Gasteiger charge is 2.29. The van der Waals surface area contributed by atoms with Crippen molar-refractivity contribution in [1.82, 2.24) is 5.32 Å². The second-order valence-corrected chi connectivity index (χ2v) is 5.07. The zero-order valence-electron chi connectivity index (χ0n) is 11.6. The quantitative estimate of drug-likeness (QED) is 0.605. The summed E-state index contributed by atoms with van der Waals surface area (Å²) in [6.45, 7) is 1.51. The fourth-order valence-corrected chi connectivity index (χ4v) is 2.18. The first-order valence-electron chi connectivity index (χ1n) is 6.70. The molecular weight excluding hydrogens is 258 g/mol. The number of hydrogen-bond donors (Lipinski definition) is 4. The number of ether oxygens (including phenoxy) is 1. The van der Waals surface area contributed by atoms with Crippen molar-refractivity contribution in [3.63, 3.8) is 0 Å². The van der Waals surface area contributed by atoms with Gasteiger partial charge < -0.3 is 26.2 Å². The Kier molecular flexibility index (Phi) is 4.46. The molecule has 1 amide bonds. The van der Waals surface area contributed by atoms with Gasteiger partial charge >= 0.3 is 0 Å². The highest BCUT2D eigenvalue weighted by molar-refractivity contribution is 5.96. The number of nitrogens with one attached hydrogen (secondary N) is 2. The van der Waals surface area contributed by atoms with Crippen molar-refractivity contribution < 1.29 is 14.6 Å². The van der Waals surface area contributed by atoms with E-state index < -0.39 is 5.60 Å². The third kappa shape index (κ3) is 3.40. The molecule has 0 aliphatic carbocycles. The number of carbonyl (C=O) groups excluding carboxylic acids is 1. The summed E-state index contributed by atoms with van der Waals surface area (Å²) in [5.74, 6) is -0.169. The van der Waals surface area contributed by atoms with Crippen LogP contribution in [-0.2, 0) is 4.74 Å². The number of aliphatic hydroxyl groups is 1. The molecule has 5 N–H and O–H groups in total. The monoisotopic (exact) mass is 279 g/mol. The van der Waals surface area contributed by atoms with Crippen LogP contribution in [0, 0.1) is 0 Å². The Morgan fingerprint density at radius 3 is 2.80 bits per heavy atom. The van der Waals surface area contributed by atoms with Gasteiger partial charge in [0.1, 0.15) is 0 Å². The number of hydrogen-bond acceptors (Lipinski definition) is 5. The second-order valence-electron chi connectivity index (χ2n) is 5.07. The van der Waals surface area contributed by atoms with Crippen LogP contribution in [0.5, 0.6) is 0 Å². The lowest BCUT2D eigenvalue weighted by atomic mass is 9.94. The van der Waals surface area contributed by atoms with E-state index in [1.165, 1.54) is 0 Å². The van der Waals surface area contributed by atoms with Crippen LogP contribution < -0.4 is 16.4 Å². The molecule has 6 heteroatoms. The van der Waals surface area contributed by atoms with Crippen LogP contribution >= 0.6 is 0 Å². The second kappa shape index (κ2) is 6.11. The summed E-state index contributed by atoms with van der Waals surface area (Å²) in [4.78, 5) is 11.6. The zero-order chi connectivity index (χ0) is 14.6. The van der Waals surface area contributed by atoms with Gasteiger partial charge in [0, 0.05) is 45.2 Å². The van der Waals surface area contributed by atoms with Crippen LogP contribution in [0.3, 0.4) is 0 Å². The lowest BCUT2D eigenvalue weighted by molar-refractivity contribution is -0.0543. The van der Waals surface area contributed by atoms with Gasteiger partial charge in [-0.25, -0.2) is 0 Å². The molecule has 1 fully saturated rings. The maximum Gasteiger partial charge on any atom is 0.251 e. The molecule has 2 rings (SSSR count). The van der Waals surface area contributed by atoms with Gasteiger partial charge in [-0.3, -0.25) is 4.79 Å². The van der Waals surface area contributed by atoms with Crippen molar-refractivity contribution >= 4 is 17.3 Å². The van der Waals surface area contributed by atoms with E-state index in [0.717, 1.165) is 0 Å². The van der Waals surface area contributed by atoms with E-state index in [4.69, 9.17) is 10.5 Å². The normalized spacial score (nSPS) is 17.5. The highest BCUT2D eigenvalue weighted by Crippen LogP contribution is 2.24. The van der Waals surface area contributed by atoms with Crippen molar-refractivity contribution in [2.75, 3.05) is 37.9 Å². The average molecular weight is 279 g/mol. The molecule has 0 radical (unpaired) electrons. The average Bonchev–Trinajstić information content (AvgIpc) is 2.46. The third-order valence-corrected chi connectivity index (χ3v) is 3.57. The SMILES string of the molecule is CNC(=O)c1ccc(N)c(NCC2(O)CCOCC2)c1. The summed E-state index contributed by atoms with van der Waals surface area (Å²) in [5, 5.41) is 16.1. The Morgan fingerprint density at radius 1 is 1.45 bits per heavy atom. The summed E-state index contributed by atoms with van der Waals surface area (Å²) >= 11 is 0. The number of nitrogens with two attached hydrogens (primary N) is 1. The van der Waals surface area contributed by atoms with Crippen molar-refractivity contribution in [3.05, 3.63) is 23.8 Å². The molecule has 1 aliphatic heterocycles. The number of amides is 1. The lowest BCUT2D eigenvalue weighted by Crippen LogP contribution is -2.42. The topological polar surface area (TPSA) is 96.6 Å². The molecule has 0 saturated carbocycles. The Balaban J connectivity index is 2.06. The molecule has 0 spiro atoms. The van der Waals surface area contributed by atoms with E-state index in [1.807, 2.05) is 0 Å². The van der Waals surface area contributed by atoms with Crippen molar-refractivity contribution in [2.24, 2.45) is 0 Å². The van der Waals surface area contributed by atoms with E-state index in [0.29, 0.717) is 49.5 Å². The standard InChI is InChI=1S/C14H21N3O3/c1-16-13(18)10-2-3-11(15)12(8-10)17-9-14(19)4-6-20-7-5-14/h2-3,8,17,19H,4-7,9,15H2,1H3,(H,16,18). The van der Waals surface area contributed by atoms with Crippen molar-refractivity contribution in [1.29, 1.82) is 0 Å². The van der Waals surface area contributed by atoms with Gasteiger partial charge in [-0.1, -0.05) is 0 Å².